The highest BCUT2D eigenvalue weighted by molar-refractivity contribution is 9.10. The van der Waals surface area contributed by atoms with E-state index in [2.05, 4.69) is 20.9 Å². The van der Waals surface area contributed by atoms with E-state index in [0.29, 0.717) is 4.47 Å². The summed E-state index contributed by atoms with van der Waals surface area (Å²) in [5.74, 6) is -1.80. The fourth-order valence-electron chi connectivity index (χ4n) is 0.789. The molecule has 0 atom stereocenters. The van der Waals surface area contributed by atoms with Gasteiger partial charge in [0.15, 0.2) is 5.92 Å². The van der Waals surface area contributed by atoms with E-state index in [1.165, 1.54) is 12.3 Å². The zero-order valence-corrected chi connectivity index (χ0v) is 7.92. The van der Waals surface area contributed by atoms with Crippen LogP contribution in [0.2, 0.25) is 0 Å². The smallest absolute Gasteiger partial charge is 0.177 e. The number of rotatable bonds is 1. The number of nitrogens with zero attached hydrogens (tertiary/aromatic N) is 3. The molecule has 1 aromatic heterocycles. The summed E-state index contributed by atoms with van der Waals surface area (Å²) in [5, 5.41) is 17.0. The summed E-state index contributed by atoms with van der Waals surface area (Å²) in [6, 6.07) is 4.47. The second kappa shape index (κ2) is 3.97. The SMILES string of the molecule is N#CC(C#N)c1ncc(Br)cc1F. The van der Waals surface area contributed by atoms with Crippen LogP contribution in [-0.2, 0) is 0 Å². The van der Waals surface area contributed by atoms with Gasteiger partial charge >= 0.3 is 0 Å². The van der Waals surface area contributed by atoms with Crippen molar-refractivity contribution < 1.29 is 4.39 Å². The molecule has 0 saturated carbocycles. The predicted molar refractivity (Wildman–Crippen MR) is 45.9 cm³/mol. The third-order valence-electron chi connectivity index (χ3n) is 1.37. The molecular formula is C8H3BrFN3. The van der Waals surface area contributed by atoms with Crippen LogP contribution in [0, 0.1) is 28.5 Å². The van der Waals surface area contributed by atoms with Crippen molar-refractivity contribution in [2.45, 2.75) is 5.92 Å². The lowest BCUT2D eigenvalue weighted by Gasteiger charge is -2.00. The summed E-state index contributed by atoms with van der Waals surface area (Å²) >= 11 is 3.02. The van der Waals surface area contributed by atoms with E-state index in [1.54, 1.807) is 12.1 Å². The molecule has 3 nitrogen and oxygen atoms in total. The first-order valence-corrected chi connectivity index (χ1v) is 4.08. The van der Waals surface area contributed by atoms with Crippen molar-refractivity contribution in [1.82, 2.24) is 4.98 Å². The van der Waals surface area contributed by atoms with Gasteiger partial charge in [0, 0.05) is 10.7 Å². The van der Waals surface area contributed by atoms with Crippen LogP contribution in [0.15, 0.2) is 16.7 Å². The molecular weight excluding hydrogens is 237 g/mol. The van der Waals surface area contributed by atoms with E-state index >= 15 is 0 Å². The maximum absolute atomic E-state index is 13.1. The molecule has 1 aromatic rings. The topological polar surface area (TPSA) is 60.5 Å². The molecule has 0 aliphatic rings. The van der Waals surface area contributed by atoms with Gasteiger partial charge in [0.05, 0.1) is 12.1 Å². The van der Waals surface area contributed by atoms with Crippen LogP contribution in [0.3, 0.4) is 0 Å². The Hall–Kier alpha value is -1.46. The molecule has 1 rings (SSSR count). The van der Waals surface area contributed by atoms with Gasteiger partial charge in [-0.1, -0.05) is 0 Å². The monoisotopic (exact) mass is 239 g/mol. The van der Waals surface area contributed by atoms with Crippen molar-refractivity contribution >= 4 is 15.9 Å². The van der Waals surface area contributed by atoms with Gasteiger partial charge in [-0.2, -0.15) is 10.5 Å². The quantitative estimate of drug-likeness (QED) is 0.755. The summed E-state index contributed by atoms with van der Waals surface area (Å²) in [5.41, 5.74) is -0.131. The van der Waals surface area contributed by atoms with E-state index in [0.717, 1.165) is 0 Å². The first-order valence-electron chi connectivity index (χ1n) is 3.29. The van der Waals surface area contributed by atoms with E-state index < -0.39 is 11.7 Å². The molecule has 0 radical (unpaired) electrons. The molecule has 0 aliphatic carbocycles. The van der Waals surface area contributed by atoms with Gasteiger partial charge in [0.2, 0.25) is 0 Å². The lowest BCUT2D eigenvalue weighted by molar-refractivity contribution is 0.599. The normalized spacial score (nSPS) is 9.31. The van der Waals surface area contributed by atoms with Crippen LogP contribution in [-0.4, -0.2) is 4.98 Å². The van der Waals surface area contributed by atoms with Crippen LogP contribution < -0.4 is 0 Å². The third-order valence-corrected chi connectivity index (χ3v) is 1.80. The number of pyridine rings is 1. The highest BCUT2D eigenvalue weighted by Gasteiger charge is 2.15. The van der Waals surface area contributed by atoms with Gasteiger partial charge in [0.1, 0.15) is 11.5 Å². The third kappa shape index (κ3) is 2.01. The number of hydrogen-bond acceptors (Lipinski definition) is 3. The van der Waals surface area contributed by atoms with Crippen LogP contribution in [0.1, 0.15) is 11.6 Å². The molecule has 64 valence electrons. The van der Waals surface area contributed by atoms with Gasteiger partial charge < -0.3 is 0 Å². The molecule has 0 N–H and O–H groups in total. The van der Waals surface area contributed by atoms with Gasteiger partial charge in [-0.3, -0.25) is 4.98 Å². The molecule has 0 spiro atoms. The summed E-state index contributed by atoms with van der Waals surface area (Å²) in [6.45, 7) is 0. The lowest BCUT2D eigenvalue weighted by atomic mass is 10.1. The fraction of sp³-hybridized carbons (Fsp3) is 0.125. The van der Waals surface area contributed by atoms with E-state index in [1.807, 2.05) is 0 Å². The first kappa shape index (κ1) is 9.63. The fourth-order valence-corrected chi connectivity index (χ4v) is 1.09. The minimum absolute atomic E-state index is 0.131. The number of hydrogen-bond donors (Lipinski definition) is 0. The summed E-state index contributed by atoms with van der Waals surface area (Å²) in [6.07, 6.45) is 1.35. The highest BCUT2D eigenvalue weighted by Crippen LogP contribution is 2.18. The standard InChI is InChI=1S/C8H3BrFN3/c9-6-1-7(10)8(13-4-6)5(2-11)3-12/h1,4-5H. The van der Waals surface area contributed by atoms with Crippen LogP contribution in [0.25, 0.3) is 0 Å². The van der Waals surface area contributed by atoms with Crippen molar-refractivity contribution in [1.29, 1.82) is 10.5 Å². The molecule has 0 aliphatic heterocycles. The maximum Gasteiger partial charge on any atom is 0.177 e. The Kier molecular flexibility index (Phi) is 2.94. The van der Waals surface area contributed by atoms with Crippen molar-refractivity contribution in [2.24, 2.45) is 0 Å². The Morgan fingerprint density at radius 2 is 2.08 bits per heavy atom. The van der Waals surface area contributed by atoms with Crippen molar-refractivity contribution in [3.8, 4) is 12.1 Å². The van der Waals surface area contributed by atoms with Crippen LogP contribution in [0.4, 0.5) is 4.39 Å². The minimum Gasteiger partial charge on any atom is -0.255 e. The molecule has 0 amide bonds. The van der Waals surface area contributed by atoms with Gasteiger partial charge in [-0.15, -0.1) is 0 Å². The van der Waals surface area contributed by atoms with Crippen LogP contribution in [0.5, 0.6) is 0 Å². The Balaban J connectivity index is 3.18. The average molecular weight is 240 g/mol. The zero-order chi connectivity index (χ0) is 9.84. The maximum atomic E-state index is 13.1. The number of halogens is 2. The second-order valence-electron chi connectivity index (χ2n) is 2.21. The van der Waals surface area contributed by atoms with E-state index in [9.17, 15) is 4.39 Å². The first-order chi connectivity index (χ1) is 6.19. The zero-order valence-electron chi connectivity index (χ0n) is 6.33. The molecule has 0 aromatic carbocycles. The Bertz CT molecular complexity index is 391. The van der Waals surface area contributed by atoms with Crippen LogP contribution >= 0.6 is 15.9 Å². The molecule has 0 unspecified atom stereocenters. The van der Waals surface area contributed by atoms with Gasteiger partial charge in [0.25, 0.3) is 0 Å². The van der Waals surface area contributed by atoms with Gasteiger partial charge in [-0.25, -0.2) is 4.39 Å². The molecule has 0 bridgehead atoms. The summed E-state index contributed by atoms with van der Waals surface area (Å²) in [7, 11) is 0. The highest BCUT2D eigenvalue weighted by atomic mass is 79.9. The predicted octanol–water partition coefficient (Wildman–Crippen LogP) is 2.11. The Labute approximate surface area is 82.6 Å². The van der Waals surface area contributed by atoms with E-state index in [-0.39, 0.29) is 5.69 Å². The Morgan fingerprint density at radius 3 is 2.54 bits per heavy atom. The molecule has 13 heavy (non-hydrogen) atoms. The number of nitriles is 2. The molecule has 5 heteroatoms. The summed E-state index contributed by atoms with van der Waals surface area (Å²) in [4.78, 5) is 3.65. The largest absolute Gasteiger partial charge is 0.255 e. The van der Waals surface area contributed by atoms with Crippen molar-refractivity contribution in [2.75, 3.05) is 0 Å². The van der Waals surface area contributed by atoms with Crippen molar-refractivity contribution in [3.05, 3.63) is 28.2 Å². The van der Waals surface area contributed by atoms with Gasteiger partial charge in [-0.05, 0) is 22.0 Å². The van der Waals surface area contributed by atoms with E-state index in [4.69, 9.17) is 10.5 Å². The molecule has 0 fully saturated rings. The molecule has 0 saturated heterocycles. The molecule has 1 heterocycles. The average Bonchev–Trinajstić information content (AvgIpc) is 2.10. The lowest BCUT2D eigenvalue weighted by Crippen LogP contribution is -1.99. The summed E-state index contributed by atoms with van der Waals surface area (Å²) < 4.78 is 13.6. The number of aromatic nitrogens is 1. The van der Waals surface area contributed by atoms with Crippen molar-refractivity contribution in [3.63, 3.8) is 0 Å². The second-order valence-corrected chi connectivity index (χ2v) is 3.13. The Morgan fingerprint density at radius 1 is 1.46 bits per heavy atom. The minimum atomic E-state index is -1.15.